The zero-order valence-corrected chi connectivity index (χ0v) is 15.7. The summed E-state index contributed by atoms with van der Waals surface area (Å²) in [6.07, 6.45) is 6.06. The van der Waals surface area contributed by atoms with Crippen LogP contribution in [-0.2, 0) is 19.1 Å². The molecule has 3 heterocycles. The lowest BCUT2D eigenvalue weighted by Gasteiger charge is -2.22. The molecular weight excluding hydrogens is 373 g/mol. The lowest BCUT2D eigenvalue weighted by Crippen LogP contribution is -2.40. The molecule has 4 atom stereocenters. The molecule has 0 saturated carbocycles. The summed E-state index contributed by atoms with van der Waals surface area (Å²) >= 11 is 5.74. The van der Waals surface area contributed by atoms with Gasteiger partial charge in [0.1, 0.15) is 17.3 Å². The third-order valence-corrected chi connectivity index (χ3v) is 5.89. The summed E-state index contributed by atoms with van der Waals surface area (Å²) in [7, 11) is 0. The van der Waals surface area contributed by atoms with E-state index in [0.717, 1.165) is 19.3 Å². The molecule has 1 amide bonds. The molecule has 1 spiro atoms. The Morgan fingerprint density at radius 2 is 2.26 bits per heavy atom. The summed E-state index contributed by atoms with van der Waals surface area (Å²) in [6, 6.07) is 4.24. The van der Waals surface area contributed by atoms with Crippen molar-refractivity contribution in [2.24, 2.45) is 11.8 Å². The molecule has 2 bridgehead atoms. The van der Waals surface area contributed by atoms with Gasteiger partial charge in [-0.3, -0.25) is 9.59 Å². The number of hydrogen-bond donors (Lipinski definition) is 0. The second kappa shape index (κ2) is 6.91. The van der Waals surface area contributed by atoms with Gasteiger partial charge in [0.15, 0.2) is 0 Å². The van der Waals surface area contributed by atoms with Gasteiger partial charge >= 0.3 is 5.97 Å². The second-order valence-electron chi connectivity index (χ2n) is 7.30. The lowest BCUT2D eigenvalue weighted by atomic mass is 9.77. The van der Waals surface area contributed by atoms with Crippen molar-refractivity contribution >= 4 is 29.2 Å². The number of unbranched alkanes of at least 4 members (excludes halogenated alkanes) is 2. The van der Waals surface area contributed by atoms with Crippen LogP contribution in [0.2, 0.25) is 5.02 Å². The molecule has 0 aromatic heterocycles. The van der Waals surface area contributed by atoms with Crippen LogP contribution in [0.3, 0.4) is 0 Å². The number of esters is 1. The molecule has 4 rings (SSSR count). The molecule has 2 fully saturated rings. The monoisotopic (exact) mass is 393 g/mol. The summed E-state index contributed by atoms with van der Waals surface area (Å²) in [4.78, 5) is 27.2. The number of ether oxygens (including phenoxy) is 2. The Bertz CT molecular complexity index is 813. The van der Waals surface area contributed by atoms with E-state index in [9.17, 15) is 14.0 Å². The van der Waals surface area contributed by atoms with Crippen LogP contribution in [0.25, 0.3) is 0 Å². The number of rotatable bonds is 6. The van der Waals surface area contributed by atoms with Crippen molar-refractivity contribution in [1.29, 1.82) is 0 Å². The summed E-state index contributed by atoms with van der Waals surface area (Å²) in [5.41, 5.74) is -0.452. The molecule has 0 unspecified atom stereocenters. The van der Waals surface area contributed by atoms with Crippen LogP contribution in [0.4, 0.5) is 10.1 Å². The zero-order valence-electron chi connectivity index (χ0n) is 15.0. The van der Waals surface area contributed by atoms with E-state index in [1.54, 1.807) is 6.07 Å². The normalized spacial score (nSPS) is 30.9. The molecule has 3 aliphatic heterocycles. The van der Waals surface area contributed by atoms with Crippen LogP contribution in [0.1, 0.15) is 26.2 Å². The van der Waals surface area contributed by atoms with Gasteiger partial charge < -0.3 is 14.4 Å². The fourth-order valence-electron chi connectivity index (χ4n) is 4.26. The average Bonchev–Trinajstić information content (AvgIpc) is 3.29. The van der Waals surface area contributed by atoms with Crippen LogP contribution >= 0.6 is 11.6 Å². The van der Waals surface area contributed by atoms with Crippen molar-refractivity contribution in [3.8, 4) is 0 Å². The number of anilines is 1. The predicted molar refractivity (Wildman–Crippen MR) is 98.0 cm³/mol. The topological polar surface area (TPSA) is 55.8 Å². The number of benzene rings is 1. The minimum atomic E-state index is -0.856. The highest BCUT2D eigenvalue weighted by Crippen LogP contribution is 2.53. The van der Waals surface area contributed by atoms with Gasteiger partial charge in [0.05, 0.1) is 30.2 Å². The van der Waals surface area contributed by atoms with Crippen molar-refractivity contribution in [2.45, 2.75) is 37.9 Å². The molecule has 3 aliphatic rings. The lowest BCUT2D eigenvalue weighted by molar-refractivity contribution is -0.152. The molecule has 1 aromatic rings. The number of amides is 1. The predicted octanol–water partition coefficient (Wildman–Crippen LogP) is 3.50. The van der Waals surface area contributed by atoms with Crippen LogP contribution in [0.15, 0.2) is 30.4 Å². The van der Waals surface area contributed by atoms with E-state index in [0.29, 0.717) is 12.3 Å². The Kier molecular flexibility index (Phi) is 4.72. The first-order chi connectivity index (χ1) is 13.0. The Morgan fingerprint density at radius 3 is 3.00 bits per heavy atom. The van der Waals surface area contributed by atoms with E-state index in [4.69, 9.17) is 21.1 Å². The number of nitrogens with zero attached hydrogens (tertiary/aromatic N) is 1. The van der Waals surface area contributed by atoms with Crippen LogP contribution in [-0.4, -0.2) is 36.7 Å². The summed E-state index contributed by atoms with van der Waals surface area (Å²) < 4.78 is 25.3. The minimum absolute atomic E-state index is 0.00522. The van der Waals surface area contributed by atoms with E-state index in [-0.39, 0.29) is 17.5 Å². The molecule has 0 aliphatic carbocycles. The first-order valence-corrected chi connectivity index (χ1v) is 9.65. The smallest absolute Gasteiger partial charge is 0.312 e. The fourth-order valence-corrected chi connectivity index (χ4v) is 4.38. The molecule has 1 aromatic carbocycles. The average molecular weight is 394 g/mol. The SMILES string of the molecule is CCCCCOC(=O)[C@H]1[C@@H]2C=C[C@]3(CN(c4ccc(Cl)c(F)c4)C(=O)[C@H]13)O2. The first kappa shape index (κ1) is 18.4. The van der Waals surface area contributed by atoms with Crippen molar-refractivity contribution in [1.82, 2.24) is 0 Å². The van der Waals surface area contributed by atoms with Crippen molar-refractivity contribution < 1.29 is 23.5 Å². The number of carbonyl (C=O) groups is 2. The maximum atomic E-state index is 13.9. The molecule has 144 valence electrons. The van der Waals surface area contributed by atoms with Crippen LogP contribution in [0, 0.1) is 17.7 Å². The molecule has 5 nitrogen and oxygen atoms in total. The number of hydrogen-bond acceptors (Lipinski definition) is 4. The second-order valence-corrected chi connectivity index (χ2v) is 7.70. The van der Waals surface area contributed by atoms with E-state index >= 15 is 0 Å². The fraction of sp³-hybridized carbons (Fsp3) is 0.500. The zero-order chi connectivity index (χ0) is 19.2. The Balaban J connectivity index is 1.55. The molecule has 27 heavy (non-hydrogen) atoms. The number of carbonyl (C=O) groups excluding carboxylic acids is 2. The van der Waals surface area contributed by atoms with Crippen molar-refractivity contribution in [3.63, 3.8) is 0 Å². The first-order valence-electron chi connectivity index (χ1n) is 9.27. The molecule has 7 heteroatoms. The number of halogens is 2. The van der Waals surface area contributed by atoms with Gasteiger partial charge in [-0.15, -0.1) is 0 Å². The maximum absolute atomic E-state index is 13.9. The highest BCUT2D eigenvalue weighted by molar-refractivity contribution is 6.30. The van der Waals surface area contributed by atoms with Crippen LogP contribution < -0.4 is 4.90 Å². The van der Waals surface area contributed by atoms with Gasteiger partial charge in [0.2, 0.25) is 5.91 Å². The van der Waals surface area contributed by atoms with E-state index in [1.165, 1.54) is 17.0 Å². The molecule has 0 radical (unpaired) electrons. The summed E-state index contributed by atoms with van der Waals surface area (Å²) in [6.45, 7) is 2.66. The van der Waals surface area contributed by atoms with E-state index < -0.39 is 35.3 Å². The van der Waals surface area contributed by atoms with Crippen LogP contribution in [0.5, 0.6) is 0 Å². The Labute approximate surface area is 162 Å². The Morgan fingerprint density at radius 1 is 1.44 bits per heavy atom. The highest BCUT2D eigenvalue weighted by Gasteiger charge is 2.67. The summed E-state index contributed by atoms with van der Waals surface area (Å²) in [5.74, 6) is -2.55. The van der Waals surface area contributed by atoms with Gasteiger partial charge in [-0.25, -0.2) is 4.39 Å². The van der Waals surface area contributed by atoms with Gasteiger partial charge in [0, 0.05) is 5.69 Å². The van der Waals surface area contributed by atoms with E-state index in [1.807, 2.05) is 12.2 Å². The molecule has 0 N–H and O–H groups in total. The Hall–Kier alpha value is -1.92. The van der Waals surface area contributed by atoms with Gasteiger partial charge in [-0.2, -0.15) is 0 Å². The maximum Gasteiger partial charge on any atom is 0.312 e. The van der Waals surface area contributed by atoms with Crippen molar-refractivity contribution in [2.75, 3.05) is 18.1 Å². The number of fused-ring (bicyclic) bond motifs is 1. The van der Waals surface area contributed by atoms with Gasteiger partial charge in [-0.05, 0) is 24.6 Å². The molecule has 2 saturated heterocycles. The van der Waals surface area contributed by atoms with Gasteiger partial charge in [0.25, 0.3) is 0 Å². The standard InChI is InChI=1S/C20H21ClFNO4/c1-2-3-4-9-26-19(25)16-15-7-8-20(27-15)11-23(18(24)17(16)20)12-5-6-13(21)14(22)10-12/h5-8,10,15-17H,2-4,9,11H2,1H3/t15-,16-,17-,20+/m0/s1. The third kappa shape index (κ3) is 2.95. The highest BCUT2D eigenvalue weighted by atomic mass is 35.5. The van der Waals surface area contributed by atoms with E-state index in [2.05, 4.69) is 6.92 Å². The van der Waals surface area contributed by atoms with Gasteiger partial charge in [-0.1, -0.05) is 43.5 Å². The molecular formula is C20H21ClFNO4. The third-order valence-electron chi connectivity index (χ3n) is 5.58. The largest absolute Gasteiger partial charge is 0.465 e. The summed E-state index contributed by atoms with van der Waals surface area (Å²) in [5, 5.41) is -0.00522. The quantitative estimate of drug-likeness (QED) is 0.421. The minimum Gasteiger partial charge on any atom is -0.465 e. The van der Waals surface area contributed by atoms with Crippen molar-refractivity contribution in [3.05, 3.63) is 41.2 Å².